The molecule has 4 heteroatoms. The number of benzene rings is 2. The normalized spacial score (nSPS) is 24.7. The van der Waals surface area contributed by atoms with Crippen molar-refractivity contribution < 1.29 is 9.47 Å². The first-order valence-corrected chi connectivity index (χ1v) is 10.8. The van der Waals surface area contributed by atoms with Crippen LogP contribution in [0.15, 0.2) is 54.6 Å². The molecule has 156 valence electrons. The molecule has 2 aliphatic heterocycles. The van der Waals surface area contributed by atoms with E-state index in [1.807, 2.05) is 0 Å². The highest BCUT2D eigenvalue weighted by Crippen LogP contribution is 2.46. The second-order valence-corrected chi connectivity index (χ2v) is 8.79. The minimum atomic E-state index is 0.399. The number of aryl methyl sites for hydroxylation is 1. The molecule has 0 bridgehead atoms. The summed E-state index contributed by atoms with van der Waals surface area (Å²) in [5.41, 5.74) is 3.24. The average Bonchev–Trinajstić information content (AvgIpc) is 3.25. The van der Waals surface area contributed by atoms with Crippen LogP contribution in [0.1, 0.15) is 17.5 Å². The summed E-state index contributed by atoms with van der Waals surface area (Å²) >= 11 is 0. The van der Waals surface area contributed by atoms with E-state index < -0.39 is 0 Å². The van der Waals surface area contributed by atoms with Gasteiger partial charge in [-0.1, -0.05) is 42.5 Å². The molecule has 0 radical (unpaired) electrons. The maximum atomic E-state index is 5.34. The van der Waals surface area contributed by atoms with Gasteiger partial charge >= 0.3 is 0 Å². The van der Waals surface area contributed by atoms with Crippen LogP contribution >= 0.6 is 0 Å². The Bertz CT molecular complexity index is 764. The maximum absolute atomic E-state index is 5.34. The molecule has 4 rings (SSSR count). The fourth-order valence-corrected chi connectivity index (χ4v) is 5.30. The third kappa shape index (κ3) is 4.82. The molecule has 29 heavy (non-hydrogen) atoms. The lowest BCUT2D eigenvalue weighted by molar-refractivity contribution is 0.141. The Balaban J connectivity index is 1.43. The van der Waals surface area contributed by atoms with Crippen molar-refractivity contribution in [3.63, 3.8) is 0 Å². The third-order valence-corrected chi connectivity index (χ3v) is 6.83. The molecule has 2 aliphatic rings. The van der Waals surface area contributed by atoms with Crippen molar-refractivity contribution in [1.29, 1.82) is 0 Å². The zero-order valence-electron chi connectivity index (χ0n) is 17.8. The number of hydrogen-bond donors (Lipinski definition) is 0. The van der Waals surface area contributed by atoms with E-state index in [4.69, 9.17) is 9.47 Å². The third-order valence-electron chi connectivity index (χ3n) is 6.83. The molecule has 0 spiro atoms. The number of nitrogens with zero attached hydrogens (tertiary/aromatic N) is 2. The van der Waals surface area contributed by atoms with Crippen molar-refractivity contribution >= 4 is 0 Å². The molecule has 0 aromatic heterocycles. The highest BCUT2D eigenvalue weighted by molar-refractivity contribution is 5.27. The zero-order valence-corrected chi connectivity index (χ0v) is 17.8. The van der Waals surface area contributed by atoms with E-state index in [0.29, 0.717) is 5.41 Å². The molecule has 0 N–H and O–H groups in total. The first-order chi connectivity index (χ1) is 14.2. The van der Waals surface area contributed by atoms with Gasteiger partial charge < -0.3 is 14.4 Å². The van der Waals surface area contributed by atoms with Gasteiger partial charge in [-0.2, -0.15) is 0 Å². The van der Waals surface area contributed by atoms with Gasteiger partial charge in [-0.3, -0.25) is 4.90 Å². The summed E-state index contributed by atoms with van der Waals surface area (Å²) in [5, 5.41) is 0. The molecule has 0 saturated carbocycles. The van der Waals surface area contributed by atoms with Crippen molar-refractivity contribution in [2.45, 2.75) is 19.4 Å². The van der Waals surface area contributed by atoms with Gasteiger partial charge in [-0.25, -0.2) is 0 Å². The summed E-state index contributed by atoms with van der Waals surface area (Å²) in [5.74, 6) is 1.68. The summed E-state index contributed by atoms with van der Waals surface area (Å²) in [6.45, 7) is 7.72. The van der Waals surface area contributed by atoms with Crippen molar-refractivity contribution in [3.05, 3.63) is 65.7 Å². The lowest BCUT2D eigenvalue weighted by Crippen LogP contribution is -2.35. The fourth-order valence-electron chi connectivity index (χ4n) is 5.30. The first-order valence-electron chi connectivity index (χ1n) is 10.8. The van der Waals surface area contributed by atoms with Gasteiger partial charge in [-0.15, -0.1) is 0 Å². The molecule has 2 heterocycles. The zero-order chi connectivity index (χ0) is 20.1. The van der Waals surface area contributed by atoms with Crippen LogP contribution in [0, 0.1) is 11.3 Å². The van der Waals surface area contributed by atoms with Crippen LogP contribution in [0.2, 0.25) is 0 Å². The van der Waals surface area contributed by atoms with Crippen molar-refractivity contribution in [3.8, 4) is 5.75 Å². The summed E-state index contributed by atoms with van der Waals surface area (Å²) in [7, 11) is 3.53. The number of methoxy groups -OCH3 is 2. The number of hydrogen-bond acceptors (Lipinski definition) is 4. The Morgan fingerprint density at radius 1 is 0.897 bits per heavy atom. The molecule has 2 fully saturated rings. The van der Waals surface area contributed by atoms with Gasteiger partial charge in [0.25, 0.3) is 0 Å². The Morgan fingerprint density at radius 2 is 1.62 bits per heavy atom. The molecule has 4 nitrogen and oxygen atoms in total. The van der Waals surface area contributed by atoms with Crippen molar-refractivity contribution in [1.82, 2.24) is 9.80 Å². The molecule has 2 unspecified atom stereocenters. The predicted molar refractivity (Wildman–Crippen MR) is 117 cm³/mol. The van der Waals surface area contributed by atoms with Crippen molar-refractivity contribution in [2.24, 2.45) is 11.3 Å². The fraction of sp³-hybridized carbons (Fsp3) is 0.520. The number of fused-ring (bicyclic) bond motifs is 1. The number of ether oxygens (including phenoxy) is 2. The van der Waals surface area contributed by atoms with Crippen LogP contribution in [0.3, 0.4) is 0 Å². The van der Waals surface area contributed by atoms with E-state index >= 15 is 0 Å². The Kier molecular flexibility index (Phi) is 6.53. The van der Waals surface area contributed by atoms with E-state index in [2.05, 4.69) is 64.4 Å². The van der Waals surface area contributed by atoms with Gasteiger partial charge in [0, 0.05) is 51.8 Å². The highest BCUT2D eigenvalue weighted by atomic mass is 16.5. The standard InChI is InChI=1S/C25H34N2O2/c1-28-15-14-26-17-23-18-27(16-22-8-10-24(29-2)11-9-22)20-25(23,19-26)13-12-21-6-4-3-5-7-21/h3-11,23H,12-20H2,1-2H3. The maximum Gasteiger partial charge on any atom is 0.118 e. The molecule has 2 aromatic carbocycles. The van der Waals surface area contributed by atoms with Gasteiger partial charge in [0.2, 0.25) is 0 Å². The van der Waals surface area contributed by atoms with Crippen molar-refractivity contribution in [2.75, 3.05) is 53.6 Å². The van der Waals surface area contributed by atoms with E-state index in [1.165, 1.54) is 50.1 Å². The highest BCUT2D eigenvalue weighted by Gasteiger charge is 2.51. The minimum absolute atomic E-state index is 0.399. The smallest absolute Gasteiger partial charge is 0.118 e. The largest absolute Gasteiger partial charge is 0.497 e. The monoisotopic (exact) mass is 394 g/mol. The molecule has 0 amide bonds. The quantitative estimate of drug-likeness (QED) is 0.647. The minimum Gasteiger partial charge on any atom is -0.497 e. The molecule has 0 aliphatic carbocycles. The van der Waals surface area contributed by atoms with Gasteiger partial charge in [-0.05, 0) is 42.0 Å². The van der Waals surface area contributed by atoms with Crippen LogP contribution in [0.5, 0.6) is 5.75 Å². The predicted octanol–water partition coefficient (Wildman–Crippen LogP) is 3.71. The summed E-state index contributed by atoms with van der Waals surface area (Å²) in [6.07, 6.45) is 2.44. The second-order valence-electron chi connectivity index (χ2n) is 8.79. The first kappa shape index (κ1) is 20.4. The lowest BCUT2D eigenvalue weighted by Gasteiger charge is -2.30. The van der Waals surface area contributed by atoms with Crippen LogP contribution in [0.25, 0.3) is 0 Å². The molecular weight excluding hydrogens is 360 g/mol. The Labute approximate surface area is 175 Å². The Morgan fingerprint density at radius 3 is 2.34 bits per heavy atom. The van der Waals surface area contributed by atoms with Crippen LogP contribution in [0.4, 0.5) is 0 Å². The summed E-state index contributed by atoms with van der Waals surface area (Å²) in [4.78, 5) is 5.30. The lowest BCUT2D eigenvalue weighted by atomic mass is 9.76. The Hall–Kier alpha value is -1.88. The molecule has 2 aromatic rings. The van der Waals surface area contributed by atoms with Crippen LogP contribution < -0.4 is 4.74 Å². The van der Waals surface area contributed by atoms with E-state index in [-0.39, 0.29) is 0 Å². The van der Waals surface area contributed by atoms with Gasteiger partial charge in [0.15, 0.2) is 0 Å². The number of likely N-dealkylation sites (tertiary alicyclic amines) is 2. The SMILES string of the molecule is COCCN1CC2CN(Cc3ccc(OC)cc3)CC2(CCc2ccccc2)C1. The van der Waals surface area contributed by atoms with Crippen LogP contribution in [-0.4, -0.2) is 63.4 Å². The van der Waals surface area contributed by atoms with E-state index in [9.17, 15) is 0 Å². The average molecular weight is 395 g/mol. The van der Waals surface area contributed by atoms with Gasteiger partial charge in [0.05, 0.1) is 13.7 Å². The molecule has 2 saturated heterocycles. The second kappa shape index (κ2) is 9.29. The van der Waals surface area contributed by atoms with Crippen LogP contribution in [-0.2, 0) is 17.7 Å². The number of rotatable bonds is 9. The van der Waals surface area contributed by atoms with Gasteiger partial charge in [0.1, 0.15) is 5.75 Å². The summed E-state index contributed by atoms with van der Waals surface area (Å²) in [6, 6.07) is 19.5. The van der Waals surface area contributed by atoms with E-state index in [1.54, 1.807) is 14.2 Å². The molecular formula is C25H34N2O2. The summed E-state index contributed by atoms with van der Waals surface area (Å²) < 4.78 is 10.6. The molecule has 2 atom stereocenters. The van der Waals surface area contributed by atoms with E-state index in [0.717, 1.165) is 31.4 Å². The topological polar surface area (TPSA) is 24.9 Å².